The summed E-state index contributed by atoms with van der Waals surface area (Å²) < 4.78 is 25.8. The average Bonchev–Trinajstić information content (AvgIpc) is 3.29. The molecule has 1 unspecified atom stereocenters. The third-order valence-electron chi connectivity index (χ3n) is 6.62. The van der Waals surface area contributed by atoms with Crippen molar-refractivity contribution in [3.63, 3.8) is 0 Å². The van der Waals surface area contributed by atoms with E-state index in [1.807, 2.05) is 41.1 Å². The van der Waals surface area contributed by atoms with E-state index in [4.69, 9.17) is 14.6 Å². The summed E-state index contributed by atoms with van der Waals surface area (Å²) in [7, 11) is -1.23. The molecule has 176 valence electrons. The van der Waals surface area contributed by atoms with Crippen molar-refractivity contribution in [2.24, 2.45) is 0 Å². The van der Waals surface area contributed by atoms with Gasteiger partial charge in [-0.1, -0.05) is 18.2 Å². The molecule has 3 aromatic rings. The van der Waals surface area contributed by atoms with Gasteiger partial charge in [0.1, 0.15) is 0 Å². The first-order valence-electron chi connectivity index (χ1n) is 11.6. The molecule has 0 bridgehead atoms. The minimum Gasteiger partial charge on any atom is -0.378 e. The van der Waals surface area contributed by atoms with Crippen LogP contribution >= 0.6 is 0 Å². The molecule has 6 rings (SSSR count). The van der Waals surface area contributed by atoms with Crippen molar-refractivity contribution in [3.8, 4) is 16.9 Å². The Labute approximate surface area is 200 Å². The third kappa shape index (κ3) is 3.73. The number of benzene rings is 2. The molecule has 3 aliphatic rings. The van der Waals surface area contributed by atoms with E-state index in [0.717, 1.165) is 59.4 Å². The fourth-order valence-electron chi connectivity index (χ4n) is 4.83. The van der Waals surface area contributed by atoms with Crippen LogP contribution in [0.25, 0.3) is 16.9 Å². The van der Waals surface area contributed by atoms with Gasteiger partial charge in [-0.25, -0.2) is 4.68 Å². The van der Waals surface area contributed by atoms with Crippen LogP contribution in [0.2, 0.25) is 0 Å². The minimum absolute atomic E-state index is 0.125. The van der Waals surface area contributed by atoms with Crippen LogP contribution in [0.5, 0.6) is 0 Å². The van der Waals surface area contributed by atoms with E-state index in [1.54, 1.807) is 4.90 Å². The molecule has 0 saturated carbocycles. The van der Waals surface area contributed by atoms with E-state index < -0.39 is 10.8 Å². The van der Waals surface area contributed by atoms with Gasteiger partial charge in [-0.05, 0) is 30.3 Å². The van der Waals surface area contributed by atoms with Gasteiger partial charge in [0.2, 0.25) is 0 Å². The number of fused-ring (bicyclic) bond motifs is 3. The Kier molecular flexibility index (Phi) is 5.68. The Hall–Kier alpha value is -3.01. The van der Waals surface area contributed by atoms with Gasteiger partial charge in [-0.15, -0.1) is 0 Å². The van der Waals surface area contributed by atoms with E-state index in [1.165, 1.54) is 0 Å². The molecule has 34 heavy (non-hydrogen) atoms. The second kappa shape index (κ2) is 8.98. The van der Waals surface area contributed by atoms with Gasteiger partial charge in [-0.3, -0.25) is 9.00 Å². The number of hydrogen-bond acceptors (Lipinski definition) is 6. The molecule has 4 heterocycles. The predicted octanol–water partition coefficient (Wildman–Crippen LogP) is 2.47. The smallest absolute Gasteiger partial charge is 0.274 e. The number of hydrogen-bond donors (Lipinski definition) is 0. The number of nitrogens with zero attached hydrogens (tertiary/aromatic N) is 4. The summed E-state index contributed by atoms with van der Waals surface area (Å²) in [4.78, 5) is 18.3. The maximum absolute atomic E-state index is 13.5. The lowest BCUT2D eigenvalue weighted by atomic mass is 10.0. The van der Waals surface area contributed by atoms with Crippen LogP contribution in [-0.4, -0.2) is 77.4 Å². The fraction of sp³-hybridized carbons (Fsp3) is 0.360. The molecule has 2 fully saturated rings. The number of carbonyl (C=O) groups is 1. The number of aromatic nitrogens is 2. The topological polar surface area (TPSA) is 76.9 Å². The lowest BCUT2D eigenvalue weighted by molar-refractivity contribution is 0.0298. The Morgan fingerprint density at radius 3 is 2.24 bits per heavy atom. The molecule has 8 nitrogen and oxygen atoms in total. The van der Waals surface area contributed by atoms with Crippen LogP contribution in [0, 0.1) is 0 Å². The molecule has 0 spiro atoms. The monoisotopic (exact) mass is 478 g/mol. The van der Waals surface area contributed by atoms with Gasteiger partial charge in [0.05, 0.1) is 54.4 Å². The number of morpholine rings is 2. The van der Waals surface area contributed by atoms with Gasteiger partial charge < -0.3 is 19.3 Å². The van der Waals surface area contributed by atoms with Gasteiger partial charge >= 0.3 is 0 Å². The zero-order valence-corrected chi connectivity index (χ0v) is 19.6. The molecular weight excluding hydrogens is 452 g/mol. The van der Waals surface area contributed by atoms with Gasteiger partial charge in [-0.2, -0.15) is 5.10 Å². The standard InChI is InChI=1S/C25H26N4O4S/c30-25(28-11-15-33-16-12-28)23-21-17-34(31)22-4-2-1-3-20(22)24(21)29(26-23)19-7-5-18(6-8-19)27-9-13-32-14-10-27/h1-8H,9-17H2. The minimum atomic E-state index is -1.23. The molecule has 2 aromatic carbocycles. The van der Waals surface area contributed by atoms with Crippen LogP contribution in [0.1, 0.15) is 16.1 Å². The summed E-state index contributed by atoms with van der Waals surface area (Å²) in [6.45, 7) is 5.31. The molecule has 9 heteroatoms. The van der Waals surface area contributed by atoms with Gasteiger partial charge in [0.25, 0.3) is 5.91 Å². The predicted molar refractivity (Wildman–Crippen MR) is 129 cm³/mol. The van der Waals surface area contributed by atoms with Gasteiger partial charge in [0, 0.05) is 47.9 Å². The summed E-state index contributed by atoms with van der Waals surface area (Å²) in [6.07, 6.45) is 0. The third-order valence-corrected chi connectivity index (χ3v) is 8.02. The SMILES string of the molecule is O=C(c1nn(-c2ccc(N3CCOCC3)cc2)c2c1CS(=O)c1ccccc1-2)N1CCOCC1. The van der Waals surface area contributed by atoms with Crippen molar-refractivity contribution in [1.82, 2.24) is 14.7 Å². The van der Waals surface area contributed by atoms with Gasteiger partial charge in [0.15, 0.2) is 5.69 Å². The summed E-state index contributed by atoms with van der Waals surface area (Å²) >= 11 is 0. The lowest BCUT2D eigenvalue weighted by Gasteiger charge is -2.29. The van der Waals surface area contributed by atoms with Crippen LogP contribution < -0.4 is 4.90 Å². The lowest BCUT2D eigenvalue weighted by Crippen LogP contribution is -2.41. The molecular formula is C25H26N4O4S. The van der Waals surface area contributed by atoms with Crippen molar-refractivity contribution in [3.05, 3.63) is 59.8 Å². The van der Waals surface area contributed by atoms with Crippen molar-refractivity contribution < 1.29 is 18.5 Å². The Bertz CT molecular complexity index is 1240. The number of amides is 1. The summed E-state index contributed by atoms with van der Waals surface area (Å²) in [5.74, 6) is 0.156. The summed E-state index contributed by atoms with van der Waals surface area (Å²) in [6, 6.07) is 16.0. The number of rotatable bonds is 3. The summed E-state index contributed by atoms with van der Waals surface area (Å²) in [5.41, 5.74) is 4.87. The fourth-order valence-corrected chi connectivity index (χ4v) is 6.17. The number of ether oxygens (including phenoxy) is 2. The second-order valence-corrected chi connectivity index (χ2v) is 10.0. The first-order chi connectivity index (χ1) is 16.7. The van der Waals surface area contributed by atoms with Crippen molar-refractivity contribution in [1.29, 1.82) is 0 Å². The molecule has 1 amide bonds. The highest BCUT2D eigenvalue weighted by Crippen LogP contribution is 2.39. The molecule has 3 aliphatic heterocycles. The molecule has 0 radical (unpaired) electrons. The van der Waals surface area contributed by atoms with E-state index in [0.29, 0.717) is 32.0 Å². The zero-order valence-electron chi connectivity index (χ0n) is 18.8. The second-order valence-electron chi connectivity index (χ2n) is 8.59. The van der Waals surface area contributed by atoms with E-state index in [2.05, 4.69) is 17.0 Å². The van der Waals surface area contributed by atoms with Crippen molar-refractivity contribution >= 4 is 22.4 Å². The van der Waals surface area contributed by atoms with Crippen molar-refractivity contribution in [2.75, 3.05) is 57.5 Å². The Morgan fingerprint density at radius 2 is 1.50 bits per heavy atom. The maximum Gasteiger partial charge on any atom is 0.274 e. The molecule has 1 aromatic heterocycles. The first kappa shape index (κ1) is 21.5. The number of anilines is 1. The zero-order chi connectivity index (χ0) is 23.1. The van der Waals surface area contributed by atoms with Crippen LogP contribution in [0.15, 0.2) is 53.4 Å². The molecule has 0 aliphatic carbocycles. The van der Waals surface area contributed by atoms with Crippen LogP contribution in [0.4, 0.5) is 5.69 Å². The molecule has 0 N–H and O–H groups in total. The molecule has 1 atom stereocenters. The van der Waals surface area contributed by atoms with Crippen molar-refractivity contribution in [2.45, 2.75) is 10.6 Å². The Balaban J connectivity index is 1.45. The first-order valence-corrected chi connectivity index (χ1v) is 12.9. The average molecular weight is 479 g/mol. The van der Waals surface area contributed by atoms with Crippen LogP contribution in [0.3, 0.4) is 0 Å². The van der Waals surface area contributed by atoms with E-state index >= 15 is 0 Å². The maximum atomic E-state index is 13.5. The van der Waals surface area contributed by atoms with E-state index in [-0.39, 0.29) is 11.7 Å². The van der Waals surface area contributed by atoms with Crippen LogP contribution in [-0.2, 0) is 26.0 Å². The number of carbonyl (C=O) groups excluding carboxylic acids is 1. The van der Waals surface area contributed by atoms with E-state index in [9.17, 15) is 9.00 Å². The highest BCUT2D eigenvalue weighted by molar-refractivity contribution is 7.84. The molecule has 2 saturated heterocycles. The summed E-state index contributed by atoms with van der Waals surface area (Å²) in [5, 5.41) is 4.83. The largest absolute Gasteiger partial charge is 0.378 e. The quantitative estimate of drug-likeness (QED) is 0.576. The highest BCUT2D eigenvalue weighted by atomic mass is 32.2. The Morgan fingerprint density at radius 1 is 0.853 bits per heavy atom. The highest BCUT2D eigenvalue weighted by Gasteiger charge is 2.34. The normalized spacial score (nSPS) is 20.1.